The highest BCUT2D eigenvalue weighted by Crippen LogP contribution is 2.70. The van der Waals surface area contributed by atoms with E-state index in [2.05, 4.69) is 34.6 Å². The van der Waals surface area contributed by atoms with Gasteiger partial charge in [0.05, 0.1) is 18.3 Å². The number of hydrogen-bond acceptors (Lipinski definition) is 2. The molecule has 2 nitrogen and oxygen atoms in total. The lowest BCUT2D eigenvalue weighted by atomic mass is 9.44. The van der Waals surface area contributed by atoms with E-state index in [1.807, 2.05) is 0 Å². The second kappa shape index (κ2) is 7.22. The lowest BCUT2D eigenvalue weighted by Crippen LogP contribution is -2.54. The van der Waals surface area contributed by atoms with Gasteiger partial charge in [0, 0.05) is 0 Å². The van der Waals surface area contributed by atoms with Crippen LogP contribution in [0.15, 0.2) is 0 Å². The fraction of sp³-hybridized carbons (Fsp3) is 1.00. The number of aliphatic hydroxyl groups is 1. The maximum Gasteiger partial charge on any atom is 0.0618 e. The Bertz CT molecular complexity index is 616. The molecule has 0 spiro atoms. The lowest BCUT2D eigenvalue weighted by molar-refractivity contribution is -0.130. The molecule has 2 heteroatoms. The van der Waals surface area contributed by atoms with Crippen molar-refractivity contribution in [3.05, 3.63) is 0 Å². The average Bonchev–Trinajstić information content (AvgIpc) is 3.14. The fourth-order valence-corrected chi connectivity index (χ4v) is 9.75. The molecule has 0 aromatic rings. The Hall–Kier alpha value is -0.0800. The molecule has 166 valence electrons. The van der Waals surface area contributed by atoms with E-state index in [0.29, 0.717) is 23.0 Å². The smallest absolute Gasteiger partial charge is 0.0618 e. The first-order chi connectivity index (χ1) is 13.7. The van der Waals surface area contributed by atoms with Crippen LogP contribution in [0, 0.1) is 52.3 Å². The van der Waals surface area contributed by atoms with Gasteiger partial charge in [0.1, 0.15) is 0 Å². The first-order valence-corrected chi connectivity index (χ1v) is 13.1. The van der Waals surface area contributed by atoms with Crippen molar-refractivity contribution < 1.29 is 9.84 Å². The Balaban J connectivity index is 1.35. The van der Waals surface area contributed by atoms with Crippen molar-refractivity contribution in [3.63, 3.8) is 0 Å². The van der Waals surface area contributed by atoms with Crippen molar-refractivity contribution in [3.8, 4) is 0 Å². The monoisotopic (exact) mass is 402 g/mol. The molecule has 11 atom stereocenters. The van der Waals surface area contributed by atoms with Crippen LogP contribution in [0.4, 0.5) is 0 Å². The normalized spacial score (nSPS) is 56.6. The van der Waals surface area contributed by atoms with Gasteiger partial charge in [-0.25, -0.2) is 0 Å². The summed E-state index contributed by atoms with van der Waals surface area (Å²) in [4.78, 5) is 0. The van der Waals surface area contributed by atoms with Gasteiger partial charge in [0.2, 0.25) is 0 Å². The number of fused-ring (bicyclic) bond motifs is 7. The number of hydrogen-bond donors (Lipinski definition) is 1. The number of aliphatic hydroxyl groups excluding tert-OH is 1. The molecule has 0 bridgehead atoms. The van der Waals surface area contributed by atoms with Crippen molar-refractivity contribution in [2.24, 2.45) is 52.3 Å². The van der Waals surface area contributed by atoms with E-state index in [9.17, 15) is 5.11 Å². The quantitative estimate of drug-likeness (QED) is 0.587. The lowest BCUT2D eigenvalue weighted by Gasteiger charge is -2.61. The Kier molecular flexibility index (Phi) is 5.18. The zero-order valence-corrected chi connectivity index (χ0v) is 19.7. The van der Waals surface area contributed by atoms with Gasteiger partial charge in [0.25, 0.3) is 0 Å². The summed E-state index contributed by atoms with van der Waals surface area (Å²) in [7, 11) is 0. The van der Waals surface area contributed by atoms with Crippen LogP contribution in [-0.4, -0.2) is 23.4 Å². The van der Waals surface area contributed by atoms with Crippen molar-refractivity contribution in [2.75, 3.05) is 0 Å². The average molecular weight is 403 g/mol. The van der Waals surface area contributed by atoms with Crippen LogP contribution in [0.2, 0.25) is 0 Å². The van der Waals surface area contributed by atoms with Gasteiger partial charge in [-0.3, -0.25) is 0 Å². The molecular formula is C27H46O2. The summed E-state index contributed by atoms with van der Waals surface area (Å²) in [5.74, 6) is 5.79. The molecule has 0 aromatic carbocycles. The van der Waals surface area contributed by atoms with Gasteiger partial charge < -0.3 is 9.84 Å². The van der Waals surface area contributed by atoms with E-state index in [4.69, 9.17) is 4.74 Å². The maximum absolute atomic E-state index is 10.3. The van der Waals surface area contributed by atoms with Crippen LogP contribution in [0.5, 0.6) is 0 Å². The Morgan fingerprint density at radius 1 is 0.966 bits per heavy atom. The highest BCUT2D eigenvalue weighted by molar-refractivity contribution is 5.14. The van der Waals surface area contributed by atoms with Crippen LogP contribution >= 0.6 is 0 Å². The van der Waals surface area contributed by atoms with Crippen molar-refractivity contribution in [1.82, 2.24) is 0 Å². The van der Waals surface area contributed by atoms with Crippen LogP contribution in [0.3, 0.4) is 0 Å². The first kappa shape index (κ1) is 20.8. The Morgan fingerprint density at radius 2 is 1.72 bits per heavy atom. The van der Waals surface area contributed by atoms with Gasteiger partial charge in [-0.15, -0.1) is 0 Å². The second-order valence-electron chi connectivity index (χ2n) is 12.9. The summed E-state index contributed by atoms with van der Waals surface area (Å²) < 4.78 is 6.80. The standard InChI is InChI=1S/C27H46O2/c1-16(2)6-9-23-17(3)25-24(29-23)15-22-20-8-7-18-14-19(28)10-12-26(18,4)21(20)11-13-27(22,25)5/h16-25,28H,6-15H2,1-5H3/t17-,18?,19?,20-,21+,22+,23?,24+,25+,26+,27+/m1/s1. The van der Waals surface area contributed by atoms with Crippen LogP contribution in [0.25, 0.3) is 0 Å². The molecule has 1 N–H and O–H groups in total. The zero-order valence-electron chi connectivity index (χ0n) is 19.7. The highest BCUT2D eigenvalue weighted by atomic mass is 16.5. The molecule has 0 amide bonds. The van der Waals surface area contributed by atoms with Gasteiger partial charge >= 0.3 is 0 Å². The Labute approximate surface area is 179 Å². The predicted molar refractivity (Wildman–Crippen MR) is 119 cm³/mol. The van der Waals surface area contributed by atoms with Crippen molar-refractivity contribution >= 4 is 0 Å². The van der Waals surface area contributed by atoms with Gasteiger partial charge in [-0.1, -0.05) is 34.6 Å². The van der Waals surface area contributed by atoms with Crippen LogP contribution in [-0.2, 0) is 4.74 Å². The molecule has 4 aliphatic carbocycles. The molecule has 0 radical (unpaired) electrons. The fourth-order valence-electron chi connectivity index (χ4n) is 9.75. The van der Waals surface area contributed by atoms with Crippen molar-refractivity contribution in [1.29, 1.82) is 0 Å². The summed E-state index contributed by atoms with van der Waals surface area (Å²) >= 11 is 0. The van der Waals surface area contributed by atoms with Gasteiger partial charge in [-0.05, 0) is 116 Å². The predicted octanol–water partition coefficient (Wildman–Crippen LogP) is 6.46. The van der Waals surface area contributed by atoms with E-state index < -0.39 is 0 Å². The summed E-state index contributed by atoms with van der Waals surface area (Å²) in [6.45, 7) is 12.5. The SMILES string of the molecule is CC(C)CCC1O[C@H]2C[C@H]3[C@@H]4CCC5CC(O)CC[C@]5(C)[C@H]4CC[C@]3(C)[C@H]2[C@@H]1C. The maximum atomic E-state index is 10.3. The minimum Gasteiger partial charge on any atom is -0.393 e. The van der Waals surface area contributed by atoms with E-state index in [0.717, 1.165) is 54.3 Å². The summed E-state index contributed by atoms with van der Waals surface area (Å²) in [5, 5.41) is 10.3. The highest BCUT2D eigenvalue weighted by Gasteiger charge is 2.65. The first-order valence-electron chi connectivity index (χ1n) is 13.1. The molecular weight excluding hydrogens is 356 g/mol. The summed E-state index contributed by atoms with van der Waals surface area (Å²) in [6.07, 6.45) is 14.0. The number of ether oxygens (including phenoxy) is 1. The Morgan fingerprint density at radius 3 is 2.48 bits per heavy atom. The van der Waals surface area contributed by atoms with E-state index in [1.165, 1.54) is 51.4 Å². The van der Waals surface area contributed by atoms with Crippen LogP contribution < -0.4 is 0 Å². The van der Waals surface area contributed by atoms with E-state index in [-0.39, 0.29) is 6.10 Å². The molecule has 1 aliphatic heterocycles. The van der Waals surface area contributed by atoms with Crippen molar-refractivity contribution in [2.45, 2.75) is 117 Å². The zero-order chi connectivity index (χ0) is 20.6. The molecule has 3 unspecified atom stereocenters. The van der Waals surface area contributed by atoms with Crippen LogP contribution in [0.1, 0.15) is 98.8 Å². The molecule has 4 saturated carbocycles. The topological polar surface area (TPSA) is 29.5 Å². The molecule has 1 saturated heterocycles. The van der Waals surface area contributed by atoms with E-state index in [1.54, 1.807) is 0 Å². The van der Waals surface area contributed by atoms with Gasteiger partial charge in [0.15, 0.2) is 0 Å². The third-order valence-electron chi connectivity index (χ3n) is 11.3. The third kappa shape index (κ3) is 3.09. The minimum absolute atomic E-state index is 0.0265. The van der Waals surface area contributed by atoms with Gasteiger partial charge in [-0.2, -0.15) is 0 Å². The molecule has 5 fully saturated rings. The third-order valence-corrected chi connectivity index (χ3v) is 11.3. The summed E-state index contributed by atoms with van der Waals surface area (Å²) in [5.41, 5.74) is 1.00. The summed E-state index contributed by atoms with van der Waals surface area (Å²) in [6, 6.07) is 0. The number of rotatable bonds is 3. The largest absolute Gasteiger partial charge is 0.393 e. The molecule has 29 heavy (non-hydrogen) atoms. The molecule has 5 rings (SSSR count). The minimum atomic E-state index is -0.0265. The molecule has 5 aliphatic rings. The second-order valence-corrected chi connectivity index (χ2v) is 12.9. The molecule has 1 heterocycles. The molecule has 0 aromatic heterocycles. The van der Waals surface area contributed by atoms with E-state index >= 15 is 0 Å².